The molecule has 0 amide bonds. The number of rotatable bonds is 2. The lowest BCUT2D eigenvalue weighted by molar-refractivity contribution is 0.271. The van der Waals surface area contributed by atoms with Crippen LogP contribution < -0.4 is 5.32 Å². The summed E-state index contributed by atoms with van der Waals surface area (Å²) in [5.74, 6) is -0.298. The highest BCUT2D eigenvalue weighted by molar-refractivity contribution is 5.84. The summed E-state index contributed by atoms with van der Waals surface area (Å²) >= 11 is 0. The van der Waals surface area contributed by atoms with Crippen LogP contribution in [0.2, 0.25) is 0 Å². The Balaban J connectivity index is 1.42. The molecule has 0 bridgehead atoms. The minimum atomic E-state index is -0.298. The molecule has 2 aliphatic rings. The Kier molecular flexibility index (Phi) is 3.45. The predicted molar refractivity (Wildman–Crippen MR) is 109 cm³/mol. The molecule has 1 aromatic carbocycles. The molecular weight excluding hydrogens is 367 g/mol. The lowest BCUT2D eigenvalue weighted by atomic mass is 9.98. The Bertz CT molecular complexity index is 1270. The second kappa shape index (κ2) is 5.86. The van der Waals surface area contributed by atoms with Crippen LogP contribution in [0.3, 0.4) is 0 Å². The topological polar surface area (TPSA) is 60.0 Å². The number of hydrogen-bond acceptors (Lipinski definition) is 4. The molecule has 29 heavy (non-hydrogen) atoms. The second-order valence-electron chi connectivity index (χ2n) is 8.72. The number of nitrogens with one attached hydrogen (secondary N) is 1. The number of imidazole rings is 1. The first-order valence-electron chi connectivity index (χ1n) is 10.3. The van der Waals surface area contributed by atoms with Gasteiger partial charge in [-0.3, -0.25) is 4.68 Å². The molecule has 1 saturated heterocycles. The van der Waals surface area contributed by atoms with E-state index in [-0.39, 0.29) is 5.82 Å². The molecular formula is C22H23FN6. The number of fused-ring (bicyclic) bond motifs is 2. The quantitative estimate of drug-likeness (QED) is 0.563. The average Bonchev–Trinajstić information content (AvgIpc) is 3.13. The van der Waals surface area contributed by atoms with Crippen molar-refractivity contribution in [1.82, 2.24) is 29.7 Å². The number of aromatic nitrogens is 5. The highest BCUT2D eigenvalue weighted by Gasteiger charge is 2.46. The van der Waals surface area contributed by atoms with Crippen LogP contribution in [0.25, 0.3) is 27.8 Å². The Labute approximate surface area is 167 Å². The van der Waals surface area contributed by atoms with Gasteiger partial charge in [-0.15, -0.1) is 0 Å². The third-order valence-electron chi connectivity index (χ3n) is 6.44. The van der Waals surface area contributed by atoms with E-state index < -0.39 is 0 Å². The summed E-state index contributed by atoms with van der Waals surface area (Å²) in [7, 11) is 0. The van der Waals surface area contributed by atoms with Gasteiger partial charge in [-0.25, -0.2) is 13.9 Å². The molecule has 1 N–H and O–H groups in total. The maximum Gasteiger partial charge on any atom is 0.156 e. The van der Waals surface area contributed by atoms with Crippen molar-refractivity contribution in [3.63, 3.8) is 0 Å². The second-order valence-corrected chi connectivity index (χ2v) is 8.72. The minimum absolute atomic E-state index is 0.298. The van der Waals surface area contributed by atoms with Gasteiger partial charge in [0.1, 0.15) is 5.52 Å². The highest BCUT2D eigenvalue weighted by atomic mass is 19.1. The van der Waals surface area contributed by atoms with Crippen molar-refractivity contribution in [2.45, 2.75) is 51.1 Å². The average molecular weight is 390 g/mol. The van der Waals surface area contributed by atoms with Crippen molar-refractivity contribution < 1.29 is 4.39 Å². The first-order chi connectivity index (χ1) is 14.0. The maximum absolute atomic E-state index is 15.0. The summed E-state index contributed by atoms with van der Waals surface area (Å²) in [6, 6.07) is 5.84. The molecule has 1 aliphatic carbocycles. The van der Waals surface area contributed by atoms with Crippen LogP contribution in [0, 0.1) is 19.7 Å². The van der Waals surface area contributed by atoms with Gasteiger partial charge < -0.3 is 5.32 Å². The smallest absolute Gasteiger partial charge is 0.156 e. The van der Waals surface area contributed by atoms with E-state index >= 15 is 0 Å². The van der Waals surface area contributed by atoms with Gasteiger partial charge in [0.05, 0.1) is 23.6 Å². The van der Waals surface area contributed by atoms with Crippen LogP contribution in [-0.4, -0.2) is 36.5 Å². The lowest BCUT2D eigenvalue weighted by Gasteiger charge is -2.30. The number of hydrogen-bond donors (Lipinski definition) is 1. The van der Waals surface area contributed by atoms with Crippen LogP contribution >= 0.6 is 0 Å². The molecule has 2 fully saturated rings. The molecule has 7 heteroatoms. The fourth-order valence-corrected chi connectivity index (χ4v) is 4.72. The highest BCUT2D eigenvalue weighted by Crippen LogP contribution is 2.45. The zero-order chi connectivity index (χ0) is 19.8. The SMILES string of the molecule is Cc1cn2nc(-c3cc(F)c4nn([C@H]5CCNC6(CC6)C5)cc4c3)cc(C)c2n1. The maximum atomic E-state index is 15.0. The number of nitrogens with zero attached hydrogens (tertiary/aromatic N) is 5. The number of aryl methyl sites for hydroxylation is 2. The van der Waals surface area contributed by atoms with E-state index in [4.69, 9.17) is 0 Å². The summed E-state index contributed by atoms with van der Waals surface area (Å²) < 4.78 is 18.7. The van der Waals surface area contributed by atoms with Gasteiger partial charge in [-0.05, 0) is 69.8 Å². The normalized spacial score (nSPS) is 20.7. The molecule has 1 atom stereocenters. The summed E-state index contributed by atoms with van der Waals surface area (Å²) in [4.78, 5) is 4.49. The van der Waals surface area contributed by atoms with Gasteiger partial charge in [0, 0.05) is 22.7 Å². The number of benzene rings is 1. The summed E-state index contributed by atoms with van der Waals surface area (Å²) in [6.45, 7) is 4.95. The van der Waals surface area contributed by atoms with Crippen molar-refractivity contribution in [2.75, 3.05) is 6.54 Å². The third-order valence-corrected chi connectivity index (χ3v) is 6.44. The van der Waals surface area contributed by atoms with Gasteiger partial charge in [-0.1, -0.05) is 0 Å². The molecule has 3 aromatic heterocycles. The molecule has 0 radical (unpaired) electrons. The molecule has 1 spiro atoms. The fourth-order valence-electron chi connectivity index (χ4n) is 4.72. The van der Waals surface area contributed by atoms with Gasteiger partial charge in [0.15, 0.2) is 11.5 Å². The van der Waals surface area contributed by atoms with Crippen molar-refractivity contribution in [3.8, 4) is 11.3 Å². The third kappa shape index (κ3) is 2.75. The van der Waals surface area contributed by atoms with Gasteiger partial charge in [0.2, 0.25) is 0 Å². The van der Waals surface area contributed by atoms with Crippen molar-refractivity contribution >= 4 is 16.6 Å². The van der Waals surface area contributed by atoms with Crippen molar-refractivity contribution in [1.29, 1.82) is 0 Å². The molecule has 4 aromatic rings. The molecule has 6 rings (SSSR count). The first kappa shape index (κ1) is 17.1. The standard InChI is InChI=1S/C22H23FN6/c1-13-7-19(26-29-11-14(2)25-21(13)29)15-8-16-12-28(27-20(16)18(23)9-15)17-3-6-24-22(10-17)4-5-22/h7-9,11-12,17,24H,3-6,10H2,1-2H3/t17-/m0/s1. The predicted octanol–water partition coefficient (Wildman–Crippen LogP) is 3.96. The molecule has 4 heterocycles. The summed E-state index contributed by atoms with van der Waals surface area (Å²) in [6.07, 6.45) is 8.48. The fraction of sp³-hybridized carbons (Fsp3) is 0.409. The summed E-state index contributed by atoms with van der Waals surface area (Å²) in [5.41, 5.74) is 5.01. The van der Waals surface area contributed by atoms with E-state index in [1.165, 1.54) is 12.8 Å². The lowest BCUT2D eigenvalue weighted by Crippen LogP contribution is -2.40. The Morgan fingerprint density at radius 2 is 2.00 bits per heavy atom. The van der Waals surface area contributed by atoms with Crippen LogP contribution in [0.15, 0.2) is 30.6 Å². The van der Waals surface area contributed by atoms with E-state index in [1.54, 1.807) is 10.6 Å². The molecule has 148 valence electrons. The van der Waals surface area contributed by atoms with Crippen LogP contribution in [0.4, 0.5) is 4.39 Å². The van der Waals surface area contributed by atoms with Crippen LogP contribution in [-0.2, 0) is 0 Å². The van der Waals surface area contributed by atoms with Crippen LogP contribution in [0.1, 0.15) is 43.0 Å². The van der Waals surface area contributed by atoms with Crippen molar-refractivity contribution in [3.05, 3.63) is 47.7 Å². The minimum Gasteiger partial charge on any atom is -0.311 e. The van der Waals surface area contributed by atoms with E-state index in [0.717, 1.165) is 52.9 Å². The van der Waals surface area contributed by atoms with Gasteiger partial charge in [-0.2, -0.15) is 10.2 Å². The summed E-state index contributed by atoms with van der Waals surface area (Å²) in [5, 5.41) is 13.7. The monoisotopic (exact) mass is 390 g/mol. The Morgan fingerprint density at radius 1 is 1.14 bits per heavy atom. The van der Waals surface area contributed by atoms with Crippen LogP contribution in [0.5, 0.6) is 0 Å². The first-order valence-corrected chi connectivity index (χ1v) is 10.3. The van der Waals surface area contributed by atoms with Crippen molar-refractivity contribution in [2.24, 2.45) is 0 Å². The number of halogens is 1. The Morgan fingerprint density at radius 3 is 2.83 bits per heavy atom. The molecule has 1 aliphatic heterocycles. The van der Waals surface area contributed by atoms with Gasteiger partial charge in [0.25, 0.3) is 0 Å². The van der Waals surface area contributed by atoms with E-state index in [1.807, 2.05) is 43.1 Å². The zero-order valence-electron chi connectivity index (χ0n) is 16.6. The zero-order valence-corrected chi connectivity index (χ0v) is 16.6. The molecule has 1 saturated carbocycles. The van der Waals surface area contributed by atoms with E-state index in [2.05, 4.69) is 20.5 Å². The van der Waals surface area contributed by atoms with Gasteiger partial charge >= 0.3 is 0 Å². The Hall–Kier alpha value is -2.80. The largest absolute Gasteiger partial charge is 0.311 e. The number of piperidine rings is 1. The van der Waals surface area contributed by atoms with E-state index in [0.29, 0.717) is 17.1 Å². The molecule has 6 nitrogen and oxygen atoms in total. The van der Waals surface area contributed by atoms with E-state index in [9.17, 15) is 4.39 Å². The molecule has 0 unspecified atom stereocenters.